The standard InChI is InChI=1S/C9H8Cl2N4O3/c10-5-2-1-4(3-6(5)11)13-9(18)15-14-8(17)7(12)16/h1-3H,(H2,12,16)(H,14,17)(H2,13,15,18). The fourth-order valence-electron chi connectivity index (χ4n) is 0.911. The molecule has 0 aliphatic rings. The number of halogens is 2. The molecule has 0 unspecified atom stereocenters. The number of nitrogens with one attached hydrogen (secondary N) is 3. The van der Waals surface area contributed by atoms with Crippen LogP contribution in [0, 0.1) is 0 Å². The van der Waals surface area contributed by atoms with Gasteiger partial charge in [0, 0.05) is 5.69 Å². The van der Waals surface area contributed by atoms with Crippen molar-refractivity contribution >= 4 is 46.7 Å². The van der Waals surface area contributed by atoms with Gasteiger partial charge in [-0.1, -0.05) is 23.2 Å². The summed E-state index contributed by atoms with van der Waals surface area (Å²) >= 11 is 11.4. The molecular formula is C9H8Cl2N4O3. The molecule has 0 aliphatic carbocycles. The summed E-state index contributed by atoms with van der Waals surface area (Å²) in [5, 5.41) is 2.94. The number of hydrogen-bond acceptors (Lipinski definition) is 3. The zero-order chi connectivity index (χ0) is 13.7. The maximum absolute atomic E-state index is 11.3. The third kappa shape index (κ3) is 4.11. The quantitative estimate of drug-likeness (QED) is 0.449. The monoisotopic (exact) mass is 290 g/mol. The molecule has 0 spiro atoms. The SMILES string of the molecule is NC(=O)C(=O)NNC(=O)Nc1ccc(Cl)c(Cl)c1. The van der Waals surface area contributed by atoms with Crippen LogP contribution < -0.4 is 21.9 Å². The molecule has 0 saturated carbocycles. The molecule has 7 nitrogen and oxygen atoms in total. The predicted molar refractivity (Wildman–Crippen MR) is 66.0 cm³/mol. The lowest BCUT2D eigenvalue weighted by Crippen LogP contribution is -2.48. The summed E-state index contributed by atoms with van der Waals surface area (Å²) in [6, 6.07) is 3.63. The number of nitrogens with two attached hydrogens (primary N) is 1. The molecule has 0 bridgehead atoms. The van der Waals surface area contributed by atoms with E-state index in [1.165, 1.54) is 18.2 Å². The zero-order valence-electron chi connectivity index (χ0n) is 8.79. The maximum atomic E-state index is 11.3. The van der Waals surface area contributed by atoms with Crippen LogP contribution in [-0.2, 0) is 9.59 Å². The number of carbonyl (C=O) groups excluding carboxylic acids is 3. The van der Waals surface area contributed by atoms with E-state index in [0.29, 0.717) is 10.7 Å². The van der Waals surface area contributed by atoms with Gasteiger partial charge in [0.05, 0.1) is 10.0 Å². The molecule has 0 fully saturated rings. The molecule has 0 radical (unpaired) electrons. The first kappa shape index (κ1) is 14.1. The van der Waals surface area contributed by atoms with Crippen molar-refractivity contribution in [2.75, 3.05) is 5.32 Å². The predicted octanol–water partition coefficient (Wildman–Crippen LogP) is 0.631. The van der Waals surface area contributed by atoms with Gasteiger partial charge in [0.2, 0.25) is 0 Å². The van der Waals surface area contributed by atoms with Crippen molar-refractivity contribution in [3.05, 3.63) is 28.2 Å². The van der Waals surface area contributed by atoms with Gasteiger partial charge >= 0.3 is 17.8 Å². The van der Waals surface area contributed by atoms with Crippen molar-refractivity contribution in [3.63, 3.8) is 0 Å². The lowest BCUT2D eigenvalue weighted by molar-refractivity contribution is -0.137. The molecular weight excluding hydrogens is 283 g/mol. The fourth-order valence-corrected chi connectivity index (χ4v) is 1.21. The average molecular weight is 291 g/mol. The van der Waals surface area contributed by atoms with E-state index in [-0.39, 0.29) is 5.02 Å². The topological polar surface area (TPSA) is 113 Å². The summed E-state index contributed by atoms with van der Waals surface area (Å²) in [6.07, 6.45) is 0. The van der Waals surface area contributed by atoms with Crippen LogP contribution in [0.3, 0.4) is 0 Å². The second kappa shape index (κ2) is 6.08. The van der Waals surface area contributed by atoms with Gasteiger partial charge in [-0.05, 0) is 18.2 Å². The summed E-state index contributed by atoms with van der Waals surface area (Å²) in [5.74, 6) is -2.36. The highest BCUT2D eigenvalue weighted by Crippen LogP contribution is 2.24. The molecule has 0 atom stereocenters. The van der Waals surface area contributed by atoms with Crippen LogP contribution in [0.1, 0.15) is 0 Å². The smallest absolute Gasteiger partial charge is 0.337 e. The average Bonchev–Trinajstić information content (AvgIpc) is 2.30. The minimum atomic E-state index is -1.22. The number of amides is 4. The molecule has 0 aliphatic heterocycles. The van der Waals surface area contributed by atoms with Gasteiger partial charge < -0.3 is 11.1 Å². The molecule has 9 heteroatoms. The van der Waals surface area contributed by atoms with Gasteiger partial charge in [-0.3, -0.25) is 15.0 Å². The van der Waals surface area contributed by atoms with E-state index in [9.17, 15) is 14.4 Å². The molecule has 0 saturated heterocycles. The second-order valence-corrected chi connectivity index (χ2v) is 3.84. The molecule has 4 amide bonds. The first-order valence-electron chi connectivity index (χ1n) is 4.52. The van der Waals surface area contributed by atoms with Gasteiger partial charge in [-0.2, -0.15) is 0 Å². The zero-order valence-corrected chi connectivity index (χ0v) is 10.3. The lowest BCUT2D eigenvalue weighted by Gasteiger charge is -2.08. The Kier molecular flexibility index (Phi) is 4.75. The Bertz CT molecular complexity index is 507. The molecule has 18 heavy (non-hydrogen) atoms. The van der Waals surface area contributed by atoms with Crippen molar-refractivity contribution in [2.45, 2.75) is 0 Å². The van der Waals surface area contributed by atoms with Crippen LogP contribution in [-0.4, -0.2) is 17.8 Å². The molecule has 5 N–H and O–H groups in total. The Morgan fingerprint density at radius 1 is 1.06 bits per heavy atom. The molecule has 0 heterocycles. The van der Waals surface area contributed by atoms with Crippen LogP contribution in [0.25, 0.3) is 0 Å². The minimum absolute atomic E-state index is 0.260. The Morgan fingerprint density at radius 3 is 2.28 bits per heavy atom. The van der Waals surface area contributed by atoms with E-state index >= 15 is 0 Å². The van der Waals surface area contributed by atoms with Gasteiger partial charge in [0.1, 0.15) is 0 Å². The van der Waals surface area contributed by atoms with E-state index in [2.05, 4.69) is 11.1 Å². The Labute approximate surface area is 112 Å². The first-order valence-corrected chi connectivity index (χ1v) is 5.27. The van der Waals surface area contributed by atoms with E-state index in [1.807, 2.05) is 5.43 Å². The molecule has 1 rings (SSSR count). The molecule has 1 aromatic rings. The Balaban J connectivity index is 2.52. The summed E-state index contributed by atoms with van der Waals surface area (Å²) in [7, 11) is 0. The number of rotatable bonds is 1. The van der Waals surface area contributed by atoms with E-state index in [1.54, 1.807) is 5.43 Å². The van der Waals surface area contributed by atoms with E-state index in [4.69, 9.17) is 23.2 Å². The van der Waals surface area contributed by atoms with Crippen LogP contribution >= 0.6 is 23.2 Å². The number of primary amides is 1. The van der Waals surface area contributed by atoms with Gasteiger partial charge in [-0.25, -0.2) is 10.2 Å². The Hall–Kier alpha value is -1.99. The number of benzene rings is 1. The van der Waals surface area contributed by atoms with E-state index in [0.717, 1.165) is 0 Å². The summed E-state index contributed by atoms with van der Waals surface area (Å²) < 4.78 is 0. The van der Waals surface area contributed by atoms with E-state index < -0.39 is 17.8 Å². The lowest BCUT2D eigenvalue weighted by atomic mass is 10.3. The highest BCUT2D eigenvalue weighted by molar-refractivity contribution is 6.42. The Morgan fingerprint density at radius 2 is 1.72 bits per heavy atom. The fraction of sp³-hybridized carbons (Fsp3) is 0. The maximum Gasteiger partial charge on any atom is 0.337 e. The third-order valence-electron chi connectivity index (χ3n) is 1.69. The van der Waals surface area contributed by atoms with Crippen molar-refractivity contribution in [3.8, 4) is 0 Å². The van der Waals surface area contributed by atoms with Gasteiger partial charge in [-0.15, -0.1) is 0 Å². The first-order chi connectivity index (χ1) is 8.40. The van der Waals surface area contributed by atoms with Gasteiger partial charge in [0.15, 0.2) is 0 Å². The van der Waals surface area contributed by atoms with Crippen LogP contribution in [0.5, 0.6) is 0 Å². The number of urea groups is 1. The number of anilines is 1. The highest BCUT2D eigenvalue weighted by Gasteiger charge is 2.09. The highest BCUT2D eigenvalue weighted by atomic mass is 35.5. The molecule has 0 aromatic heterocycles. The summed E-state index contributed by atoms with van der Waals surface area (Å²) in [4.78, 5) is 32.4. The number of hydrazine groups is 1. The molecule has 1 aromatic carbocycles. The molecule has 96 valence electrons. The summed E-state index contributed by atoms with van der Waals surface area (Å²) in [5.41, 5.74) is 8.73. The van der Waals surface area contributed by atoms with Crippen LogP contribution in [0.4, 0.5) is 10.5 Å². The normalized spacial score (nSPS) is 9.44. The largest absolute Gasteiger partial charge is 0.361 e. The summed E-state index contributed by atoms with van der Waals surface area (Å²) in [6.45, 7) is 0. The van der Waals surface area contributed by atoms with Crippen LogP contribution in [0.15, 0.2) is 18.2 Å². The van der Waals surface area contributed by atoms with Crippen molar-refractivity contribution < 1.29 is 14.4 Å². The second-order valence-electron chi connectivity index (χ2n) is 3.03. The van der Waals surface area contributed by atoms with Crippen molar-refractivity contribution in [1.29, 1.82) is 0 Å². The number of carbonyl (C=O) groups is 3. The van der Waals surface area contributed by atoms with Crippen LogP contribution in [0.2, 0.25) is 10.0 Å². The van der Waals surface area contributed by atoms with Crippen molar-refractivity contribution in [2.24, 2.45) is 5.73 Å². The number of hydrogen-bond donors (Lipinski definition) is 4. The van der Waals surface area contributed by atoms with Gasteiger partial charge in [0.25, 0.3) is 0 Å². The van der Waals surface area contributed by atoms with Crippen molar-refractivity contribution in [1.82, 2.24) is 10.9 Å². The third-order valence-corrected chi connectivity index (χ3v) is 2.43. The minimum Gasteiger partial charge on any atom is -0.361 e.